The summed E-state index contributed by atoms with van der Waals surface area (Å²) in [7, 11) is 1.60. The van der Waals surface area contributed by atoms with Crippen molar-refractivity contribution in [1.82, 2.24) is 25.4 Å². The number of carbonyl (C=O) groups excluding carboxylic acids is 1. The van der Waals surface area contributed by atoms with Gasteiger partial charge in [0.2, 0.25) is 5.95 Å². The van der Waals surface area contributed by atoms with Gasteiger partial charge in [0.05, 0.1) is 0 Å². The molecule has 5 N–H and O–H groups in total. The molecule has 0 bridgehead atoms. The van der Waals surface area contributed by atoms with E-state index in [4.69, 9.17) is 15.4 Å². The van der Waals surface area contributed by atoms with E-state index < -0.39 is 0 Å². The van der Waals surface area contributed by atoms with Crippen LogP contribution in [0.3, 0.4) is 0 Å². The van der Waals surface area contributed by atoms with Gasteiger partial charge in [-0.3, -0.25) is 4.79 Å². The number of anilines is 3. The number of hydrogen-bond acceptors (Lipinski definition) is 9. The van der Waals surface area contributed by atoms with Crippen LogP contribution in [0.4, 0.5) is 17.5 Å². The number of benzene rings is 2. The van der Waals surface area contributed by atoms with Crippen molar-refractivity contribution in [3.8, 4) is 11.5 Å². The third kappa shape index (κ3) is 7.34. The molecule has 0 fully saturated rings. The predicted octanol–water partition coefficient (Wildman–Crippen LogP) is 4.04. The summed E-state index contributed by atoms with van der Waals surface area (Å²) in [5, 5.41) is 18.2. The second-order valence-corrected chi connectivity index (χ2v) is 9.36. The normalized spacial score (nSPS) is 10.9. The van der Waals surface area contributed by atoms with E-state index in [1.165, 1.54) is 11.8 Å². The summed E-state index contributed by atoms with van der Waals surface area (Å²) in [6.07, 6.45) is 2.30. The first-order chi connectivity index (χ1) is 17.6. The fourth-order valence-corrected chi connectivity index (χ4v) is 3.29. The molecule has 4 aromatic rings. The average molecular weight is 504 g/mol. The number of amides is 1. The van der Waals surface area contributed by atoms with Gasteiger partial charge < -0.3 is 26.0 Å². The summed E-state index contributed by atoms with van der Waals surface area (Å²) >= 11 is 0. The van der Waals surface area contributed by atoms with E-state index in [0.29, 0.717) is 22.9 Å². The zero-order chi connectivity index (χ0) is 27.0. The molecule has 1 amide bonds. The molecule has 0 saturated carbocycles. The number of carbonyl (C=O) groups is 1. The number of nitrogens with zero attached hydrogens (tertiary/aromatic N) is 4. The summed E-state index contributed by atoms with van der Waals surface area (Å²) < 4.78 is 5.30. The molecular formula is C27H33N7O3. The van der Waals surface area contributed by atoms with Crippen LogP contribution in [0.25, 0.3) is 11.5 Å². The molecular weight excluding hydrogens is 470 g/mol. The summed E-state index contributed by atoms with van der Waals surface area (Å²) in [5.41, 5.74) is 9.67. The highest BCUT2D eigenvalue weighted by Gasteiger charge is 2.23. The lowest BCUT2D eigenvalue weighted by atomic mass is 9.96. The molecule has 4 rings (SSSR count). The number of nitrogens with one attached hydrogen (secondary N) is 2. The van der Waals surface area contributed by atoms with Gasteiger partial charge in [-0.05, 0) is 42.7 Å². The Hall–Kier alpha value is -4.31. The van der Waals surface area contributed by atoms with E-state index in [1.54, 1.807) is 19.2 Å². The highest BCUT2D eigenvalue weighted by atomic mass is 16.5. The fourth-order valence-electron chi connectivity index (χ4n) is 3.29. The van der Waals surface area contributed by atoms with Gasteiger partial charge in [0.1, 0.15) is 11.4 Å². The highest BCUT2D eigenvalue weighted by Crippen LogP contribution is 2.27. The van der Waals surface area contributed by atoms with E-state index >= 15 is 0 Å². The van der Waals surface area contributed by atoms with Crippen molar-refractivity contribution in [2.24, 2.45) is 0 Å². The molecule has 0 aliphatic rings. The van der Waals surface area contributed by atoms with Gasteiger partial charge in [-0.2, -0.15) is 9.97 Å². The van der Waals surface area contributed by atoms with Crippen LogP contribution in [0.5, 0.6) is 0 Å². The topological polar surface area (TPSA) is 152 Å². The Morgan fingerprint density at radius 1 is 1.11 bits per heavy atom. The smallest absolute Gasteiger partial charge is 0.263 e. The van der Waals surface area contributed by atoms with Gasteiger partial charge in [0.15, 0.2) is 5.82 Å². The van der Waals surface area contributed by atoms with Gasteiger partial charge in [-0.25, -0.2) is 4.98 Å². The number of aromatic nitrogens is 4. The monoisotopic (exact) mass is 503 g/mol. The lowest BCUT2D eigenvalue weighted by Crippen LogP contribution is -2.18. The Bertz CT molecular complexity index is 1330. The molecule has 2 aromatic carbocycles. The van der Waals surface area contributed by atoms with Crippen LogP contribution in [0.2, 0.25) is 0 Å². The quantitative estimate of drug-likeness (QED) is 0.305. The first-order valence-electron chi connectivity index (χ1n) is 11.8. The highest BCUT2D eigenvalue weighted by molar-refractivity contribution is 5.95. The molecule has 0 saturated heterocycles. The second-order valence-electron chi connectivity index (χ2n) is 9.36. The predicted molar refractivity (Wildman–Crippen MR) is 144 cm³/mol. The Labute approximate surface area is 216 Å². The third-order valence-electron chi connectivity index (χ3n) is 5.34. The van der Waals surface area contributed by atoms with Crippen LogP contribution >= 0.6 is 0 Å². The van der Waals surface area contributed by atoms with Crippen molar-refractivity contribution in [3.63, 3.8) is 0 Å². The second kappa shape index (κ2) is 12.1. The summed E-state index contributed by atoms with van der Waals surface area (Å²) in [4.78, 5) is 24.7. The maximum Gasteiger partial charge on any atom is 0.263 e. The van der Waals surface area contributed by atoms with Crippen LogP contribution in [0.1, 0.15) is 48.1 Å². The minimum atomic E-state index is -0.239. The summed E-state index contributed by atoms with van der Waals surface area (Å²) in [5.74, 6) is 1.27. The SMILES string of the molecule is CNC(=O)c1ccc(Nc2ncc(-c3nc(C(C)(C)C)no3)c(N)n2)cc1C.OCCc1ccccc1. The van der Waals surface area contributed by atoms with E-state index in [0.717, 1.165) is 17.7 Å². The lowest BCUT2D eigenvalue weighted by molar-refractivity contribution is 0.0962. The minimum absolute atomic E-state index is 0.136. The fraction of sp³-hybridized carbons (Fsp3) is 0.296. The van der Waals surface area contributed by atoms with Crippen LogP contribution in [-0.2, 0) is 11.8 Å². The van der Waals surface area contributed by atoms with Gasteiger partial charge >= 0.3 is 0 Å². The largest absolute Gasteiger partial charge is 0.396 e. The molecule has 2 aromatic heterocycles. The Kier molecular flexibility index (Phi) is 8.91. The molecule has 10 heteroatoms. The van der Waals surface area contributed by atoms with Crippen molar-refractivity contribution in [2.45, 2.75) is 39.5 Å². The molecule has 37 heavy (non-hydrogen) atoms. The number of rotatable bonds is 6. The standard InChI is InChI=1S/C19H23N7O2.C8H10O/c1-10-8-11(6-7-12(10)15(27)21-5)23-18-22-9-13(14(20)24-18)16-25-17(26-28-16)19(2,3)4;9-7-6-8-4-2-1-3-5-8/h6-9H,1-5H3,(H,21,27)(H3,20,22,23,24);1-5,9H,6-7H2. The third-order valence-corrected chi connectivity index (χ3v) is 5.34. The Balaban J connectivity index is 0.000000356. The lowest BCUT2D eigenvalue weighted by Gasteiger charge is -2.11. The number of aliphatic hydroxyl groups is 1. The minimum Gasteiger partial charge on any atom is -0.396 e. The molecule has 0 atom stereocenters. The number of aryl methyl sites for hydroxylation is 1. The summed E-state index contributed by atoms with van der Waals surface area (Å²) in [6, 6.07) is 15.3. The molecule has 2 heterocycles. The molecule has 10 nitrogen and oxygen atoms in total. The molecule has 0 radical (unpaired) electrons. The van der Waals surface area contributed by atoms with Crippen molar-refractivity contribution >= 4 is 23.4 Å². The maximum atomic E-state index is 11.8. The number of aliphatic hydroxyl groups excluding tert-OH is 1. The number of hydrogen-bond donors (Lipinski definition) is 4. The van der Waals surface area contributed by atoms with Gasteiger partial charge in [0, 0.05) is 36.5 Å². The van der Waals surface area contributed by atoms with Gasteiger partial charge in [-0.1, -0.05) is 56.3 Å². The first kappa shape index (κ1) is 27.3. The van der Waals surface area contributed by atoms with E-state index in [9.17, 15) is 4.79 Å². The Morgan fingerprint density at radius 3 is 2.41 bits per heavy atom. The van der Waals surface area contributed by atoms with Crippen molar-refractivity contribution in [3.05, 3.63) is 77.2 Å². The van der Waals surface area contributed by atoms with E-state index in [1.807, 2.05) is 64.1 Å². The maximum absolute atomic E-state index is 11.8. The van der Waals surface area contributed by atoms with Crippen LogP contribution < -0.4 is 16.4 Å². The number of nitrogens with two attached hydrogens (primary N) is 1. The van der Waals surface area contributed by atoms with Gasteiger partial charge in [0.25, 0.3) is 11.8 Å². The molecule has 0 unspecified atom stereocenters. The van der Waals surface area contributed by atoms with E-state index in [-0.39, 0.29) is 29.6 Å². The van der Waals surface area contributed by atoms with Crippen LogP contribution in [0.15, 0.2) is 59.3 Å². The van der Waals surface area contributed by atoms with Crippen LogP contribution in [0, 0.1) is 6.92 Å². The zero-order valence-corrected chi connectivity index (χ0v) is 21.7. The van der Waals surface area contributed by atoms with Crippen molar-refractivity contribution in [1.29, 1.82) is 0 Å². The van der Waals surface area contributed by atoms with Gasteiger partial charge in [-0.15, -0.1) is 0 Å². The zero-order valence-electron chi connectivity index (χ0n) is 21.7. The molecule has 0 aliphatic heterocycles. The average Bonchev–Trinajstić information content (AvgIpc) is 3.36. The summed E-state index contributed by atoms with van der Waals surface area (Å²) in [6.45, 7) is 8.07. The Morgan fingerprint density at radius 2 is 1.84 bits per heavy atom. The first-order valence-corrected chi connectivity index (χ1v) is 11.8. The molecule has 0 spiro atoms. The van der Waals surface area contributed by atoms with Crippen molar-refractivity contribution in [2.75, 3.05) is 24.7 Å². The van der Waals surface area contributed by atoms with Crippen molar-refractivity contribution < 1.29 is 14.4 Å². The molecule has 0 aliphatic carbocycles. The van der Waals surface area contributed by atoms with E-state index in [2.05, 4.69) is 30.7 Å². The van der Waals surface area contributed by atoms with Crippen LogP contribution in [-0.4, -0.2) is 44.8 Å². The molecule has 194 valence electrons. The number of nitrogen functional groups attached to an aromatic ring is 1.